The van der Waals surface area contributed by atoms with Crippen molar-refractivity contribution in [2.75, 3.05) is 6.61 Å². The van der Waals surface area contributed by atoms with E-state index < -0.39 is 7.82 Å². The number of hydrogen-bond acceptors (Lipinski definition) is 4. The van der Waals surface area contributed by atoms with E-state index in [0.717, 1.165) is 12.8 Å². The summed E-state index contributed by atoms with van der Waals surface area (Å²) < 4.78 is 14.4. The van der Waals surface area contributed by atoms with Gasteiger partial charge in [-0.15, -0.1) is 0 Å². The van der Waals surface area contributed by atoms with Crippen LogP contribution in [0.4, 0.5) is 0 Å². The van der Waals surface area contributed by atoms with Gasteiger partial charge in [-0.05, 0) is 6.42 Å². The minimum Gasteiger partial charge on any atom is -0.790 e. The molecule has 0 saturated heterocycles. The van der Waals surface area contributed by atoms with Crippen molar-refractivity contribution >= 4 is 25.2 Å². The molecule has 0 amide bonds. The summed E-state index contributed by atoms with van der Waals surface area (Å²) in [5.41, 5.74) is 0. The smallest absolute Gasteiger partial charge is 0.0596 e. The second kappa shape index (κ2) is 20.0. The van der Waals surface area contributed by atoms with Gasteiger partial charge in [0.25, 0.3) is 0 Å². The maximum atomic E-state index is 10.2. The topological polar surface area (TPSA) is 72.4 Å². The molecule has 0 heterocycles. The first-order chi connectivity index (χ1) is 11.1. The molecule has 0 rings (SSSR count). The molecule has 24 heavy (non-hydrogen) atoms. The zero-order valence-electron chi connectivity index (χ0n) is 15.7. The van der Waals surface area contributed by atoms with Gasteiger partial charge in [0.05, 0.1) is 14.4 Å². The van der Waals surface area contributed by atoms with E-state index >= 15 is 0 Å². The van der Waals surface area contributed by atoms with E-state index in [1.165, 1.54) is 83.5 Å². The lowest BCUT2D eigenvalue weighted by Gasteiger charge is -2.28. The Morgan fingerprint density at radius 3 is 1.21 bits per heavy atom. The zero-order valence-corrected chi connectivity index (χ0v) is 17.7. The van der Waals surface area contributed by atoms with Gasteiger partial charge >= 0.3 is 0 Å². The van der Waals surface area contributed by atoms with Crippen LogP contribution in [0.3, 0.4) is 0 Å². The minimum absolute atomic E-state index is 0. The first-order valence-corrected chi connectivity index (χ1v) is 11.2. The molecule has 0 aromatic rings. The minimum atomic E-state index is -4.76. The molecule has 6 heteroatoms. The van der Waals surface area contributed by atoms with Crippen molar-refractivity contribution in [3.8, 4) is 0 Å². The Morgan fingerprint density at radius 2 is 0.917 bits per heavy atom. The molecule has 0 aromatic heterocycles. The summed E-state index contributed by atoms with van der Waals surface area (Å²) in [7, 11) is -4.76. The van der Waals surface area contributed by atoms with Crippen LogP contribution in [0.2, 0.25) is 0 Å². The Hall–Kier alpha value is 0.642. The van der Waals surface area contributed by atoms with Crippen LogP contribution in [0, 0.1) is 0 Å². The maximum absolute atomic E-state index is 10.2. The quantitative estimate of drug-likeness (QED) is 0.197. The van der Waals surface area contributed by atoms with Crippen molar-refractivity contribution < 1.29 is 18.9 Å². The Balaban J connectivity index is 0. The third kappa shape index (κ3) is 24.9. The SMILES string of the molecule is CCCCCCCCCCCCCCCCCCOP(=O)([O-])[O-].[Al]. The summed E-state index contributed by atoms with van der Waals surface area (Å²) in [6.07, 6.45) is 20.3. The molecule has 143 valence electrons. The van der Waals surface area contributed by atoms with E-state index in [0.29, 0.717) is 6.42 Å². The molecule has 0 unspecified atom stereocenters. The lowest BCUT2D eigenvalue weighted by molar-refractivity contribution is -0.341. The van der Waals surface area contributed by atoms with Gasteiger partial charge in [-0.25, -0.2) is 0 Å². The molecular formula is C18H37AlO4P-2. The molecule has 0 fully saturated rings. The molecule has 3 radical (unpaired) electrons. The molecule has 0 saturated carbocycles. The van der Waals surface area contributed by atoms with Crippen LogP contribution in [-0.2, 0) is 9.09 Å². The van der Waals surface area contributed by atoms with Gasteiger partial charge in [0.2, 0.25) is 0 Å². The van der Waals surface area contributed by atoms with Gasteiger partial charge in [-0.3, -0.25) is 0 Å². The molecule has 0 aliphatic rings. The molecule has 0 spiro atoms. The maximum Gasteiger partial charge on any atom is 0.0596 e. The van der Waals surface area contributed by atoms with E-state index in [9.17, 15) is 14.4 Å². The standard InChI is InChI=1S/C18H39O4P.Al/c1-2-3-4-5-6-7-8-9-10-11-12-13-14-15-16-17-18-22-23(19,20)21;/h2-18H2,1H3,(H2,19,20,21);/p-2. The van der Waals surface area contributed by atoms with E-state index in [-0.39, 0.29) is 24.0 Å². The normalized spacial score (nSPS) is 11.5. The molecule has 0 aliphatic heterocycles. The lowest BCUT2D eigenvalue weighted by atomic mass is 10.0. The number of phosphoric ester groups is 1. The number of rotatable bonds is 18. The average Bonchev–Trinajstić information content (AvgIpc) is 2.49. The molecule has 0 bridgehead atoms. The Morgan fingerprint density at radius 1 is 0.625 bits per heavy atom. The van der Waals surface area contributed by atoms with E-state index in [1.54, 1.807) is 0 Å². The van der Waals surface area contributed by atoms with Gasteiger partial charge in [0.1, 0.15) is 0 Å². The summed E-state index contributed by atoms with van der Waals surface area (Å²) in [4.78, 5) is 20.5. The van der Waals surface area contributed by atoms with Crippen molar-refractivity contribution in [2.24, 2.45) is 0 Å². The molecule has 0 aliphatic carbocycles. The van der Waals surface area contributed by atoms with Crippen LogP contribution in [0.5, 0.6) is 0 Å². The van der Waals surface area contributed by atoms with Gasteiger partial charge in [-0.2, -0.15) is 0 Å². The van der Waals surface area contributed by atoms with Gasteiger partial charge in [0, 0.05) is 17.4 Å². The largest absolute Gasteiger partial charge is 0.790 e. The first-order valence-electron chi connectivity index (χ1n) is 9.73. The summed E-state index contributed by atoms with van der Waals surface area (Å²) >= 11 is 0. The fraction of sp³-hybridized carbons (Fsp3) is 1.00. The summed E-state index contributed by atoms with van der Waals surface area (Å²) in [6.45, 7) is 2.30. The van der Waals surface area contributed by atoms with Gasteiger partial charge in [-0.1, -0.05) is 103 Å². The van der Waals surface area contributed by atoms with Gasteiger partial charge in [0.15, 0.2) is 0 Å². The van der Waals surface area contributed by atoms with Crippen LogP contribution >= 0.6 is 7.82 Å². The molecular weight excluding hydrogens is 338 g/mol. The van der Waals surface area contributed by atoms with Crippen LogP contribution < -0.4 is 9.79 Å². The molecule has 4 nitrogen and oxygen atoms in total. The lowest BCUT2D eigenvalue weighted by Crippen LogP contribution is -2.16. The molecule has 0 aromatic carbocycles. The number of unbranched alkanes of at least 4 members (excludes halogenated alkanes) is 15. The predicted molar refractivity (Wildman–Crippen MR) is 98.9 cm³/mol. The van der Waals surface area contributed by atoms with E-state index in [1.807, 2.05) is 0 Å². The van der Waals surface area contributed by atoms with Crippen LogP contribution in [0.25, 0.3) is 0 Å². The third-order valence-electron chi connectivity index (χ3n) is 4.25. The third-order valence-corrected chi connectivity index (χ3v) is 4.75. The van der Waals surface area contributed by atoms with Crippen LogP contribution in [0.15, 0.2) is 0 Å². The van der Waals surface area contributed by atoms with E-state index in [4.69, 9.17) is 0 Å². The second-order valence-electron chi connectivity index (χ2n) is 6.58. The fourth-order valence-corrected chi connectivity index (χ4v) is 3.18. The first kappa shape index (κ1) is 26.9. The van der Waals surface area contributed by atoms with Crippen LogP contribution in [0.1, 0.15) is 110 Å². The Bertz CT molecular complexity index is 284. The highest BCUT2D eigenvalue weighted by molar-refractivity contribution is 7.43. The predicted octanol–water partition coefficient (Wildman–Crippen LogP) is 4.71. The van der Waals surface area contributed by atoms with Crippen molar-refractivity contribution in [1.82, 2.24) is 0 Å². The number of phosphoric acid groups is 1. The highest BCUT2D eigenvalue weighted by atomic mass is 31.2. The van der Waals surface area contributed by atoms with Crippen LogP contribution in [-0.4, -0.2) is 24.0 Å². The fourth-order valence-electron chi connectivity index (χ4n) is 2.83. The van der Waals surface area contributed by atoms with Crippen molar-refractivity contribution in [3.05, 3.63) is 0 Å². The monoisotopic (exact) mass is 375 g/mol. The molecule has 0 N–H and O–H groups in total. The second-order valence-corrected chi connectivity index (χ2v) is 7.74. The highest BCUT2D eigenvalue weighted by Gasteiger charge is 1.95. The Kier molecular flexibility index (Phi) is 22.3. The summed E-state index contributed by atoms with van der Waals surface area (Å²) in [5, 5.41) is 0. The van der Waals surface area contributed by atoms with E-state index in [2.05, 4.69) is 11.4 Å². The summed E-state index contributed by atoms with van der Waals surface area (Å²) in [5.74, 6) is 0. The van der Waals surface area contributed by atoms with Crippen molar-refractivity contribution in [1.29, 1.82) is 0 Å². The van der Waals surface area contributed by atoms with Crippen molar-refractivity contribution in [2.45, 2.75) is 110 Å². The summed E-state index contributed by atoms with van der Waals surface area (Å²) in [6, 6.07) is 0. The zero-order chi connectivity index (χ0) is 17.2. The van der Waals surface area contributed by atoms with Gasteiger partial charge < -0.3 is 18.9 Å². The Labute approximate surface area is 160 Å². The average molecular weight is 375 g/mol. The molecule has 0 atom stereocenters. The number of hydrogen-bond donors (Lipinski definition) is 0. The van der Waals surface area contributed by atoms with Crippen molar-refractivity contribution in [3.63, 3.8) is 0 Å². The highest BCUT2D eigenvalue weighted by Crippen LogP contribution is 2.24.